The Labute approximate surface area is 102 Å². The molecule has 0 unspecified atom stereocenters. The zero-order chi connectivity index (χ0) is 12.5. The molecule has 0 aliphatic carbocycles. The molecule has 1 heterocycles. The van der Waals surface area contributed by atoms with Crippen molar-refractivity contribution < 1.29 is 9.53 Å². The second kappa shape index (κ2) is 7.65. The standard InChI is InChI=1S/C13H20N2O2/c1-11-10-12(7-9-14-11)15-8-5-3-4-6-13(16)17-2/h7,9-10H,3-6,8H2,1-2H3,(H,14,15). The number of carbonyl (C=O) groups is 1. The Bertz CT molecular complexity index is 353. The number of nitrogens with zero attached hydrogens (tertiary/aromatic N) is 1. The molecule has 1 N–H and O–H groups in total. The fraction of sp³-hybridized carbons (Fsp3) is 0.538. The first-order valence-corrected chi connectivity index (χ1v) is 5.95. The lowest BCUT2D eigenvalue weighted by molar-refractivity contribution is -0.140. The number of esters is 1. The zero-order valence-corrected chi connectivity index (χ0v) is 10.5. The van der Waals surface area contributed by atoms with Gasteiger partial charge >= 0.3 is 5.97 Å². The molecule has 0 saturated carbocycles. The van der Waals surface area contributed by atoms with E-state index in [-0.39, 0.29) is 5.97 Å². The van der Waals surface area contributed by atoms with Gasteiger partial charge in [-0.1, -0.05) is 6.42 Å². The van der Waals surface area contributed by atoms with Gasteiger partial charge in [-0.15, -0.1) is 0 Å². The maximum absolute atomic E-state index is 10.9. The summed E-state index contributed by atoms with van der Waals surface area (Å²) in [5, 5.41) is 3.33. The highest BCUT2D eigenvalue weighted by Gasteiger charge is 1.99. The molecule has 0 atom stereocenters. The van der Waals surface area contributed by atoms with E-state index in [1.165, 1.54) is 7.11 Å². The molecule has 4 nitrogen and oxygen atoms in total. The number of aryl methyl sites for hydroxylation is 1. The van der Waals surface area contributed by atoms with Crippen LogP contribution in [0.3, 0.4) is 0 Å². The third-order valence-electron chi connectivity index (χ3n) is 2.51. The predicted molar refractivity (Wildman–Crippen MR) is 67.9 cm³/mol. The molecular weight excluding hydrogens is 216 g/mol. The van der Waals surface area contributed by atoms with E-state index in [9.17, 15) is 4.79 Å². The van der Waals surface area contributed by atoms with Gasteiger partial charge in [0.05, 0.1) is 7.11 Å². The normalized spacial score (nSPS) is 10.0. The lowest BCUT2D eigenvalue weighted by atomic mass is 10.2. The highest BCUT2D eigenvalue weighted by Crippen LogP contribution is 2.08. The van der Waals surface area contributed by atoms with Crippen LogP contribution in [0.5, 0.6) is 0 Å². The van der Waals surface area contributed by atoms with E-state index in [1.807, 2.05) is 19.1 Å². The van der Waals surface area contributed by atoms with Crippen molar-refractivity contribution >= 4 is 11.7 Å². The second-order valence-electron chi connectivity index (χ2n) is 4.00. The first-order valence-electron chi connectivity index (χ1n) is 5.95. The first kappa shape index (κ1) is 13.5. The molecule has 0 bridgehead atoms. The van der Waals surface area contributed by atoms with Gasteiger partial charge in [0.2, 0.25) is 0 Å². The van der Waals surface area contributed by atoms with Crippen LogP contribution in [-0.2, 0) is 9.53 Å². The van der Waals surface area contributed by atoms with Gasteiger partial charge in [-0.2, -0.15) is 0 Å². The molecule has 0 saturated heterocycles. The summed E-state index contributed by atoms with van der Waals surface area (Å²) in [5.74, 6) is -0.122. The van der Waals surface area contributed by atoms with E-state index in [2.05, 4.69) is 15.0 Å². The molecule has 0 fully saturated rings. The van der Waals surface area contributed by atoms with Crippen molar-refractivity contribution in [1.82, 2.24) is 4.98 Å². The Morgan fingerprint density at radius 2 is 2.24 bits per heavy atom. The van der Waals surface area contributed by atoms with Gasteiger partial charge in [0.15, 0.2) is 0 Å². The summed E-state index contributed by atoms with van der Waals surface area (Å²) in [4.78, 5) is 15.0. The first-order chi connectivity index (χ1) is 8.22. The SMILES string of the molecule is COC(=O)CCCCCNc1ccnc(C)c1. The van der Waals surface area contributed by atoms with Crippen LogP contribution in [0.15, 0.2) is 18.3 Å². The summed E-state index contributed by atoms with van der Waals surface area (Å²) in [6.07, 6.45) is 5.30. The number of nitrogens with one attached hydrogen (secondary N) is 1. The number of unbranched alkanes of at least 4 members (excludes halogenated alkanes) is 2. The number of aromatic nitrogens is 1. The van der Waals surface area contributed by atoms with E-state index in [4.69, 9.17) is 0 Å². The highest BCUT2D eigenvalue weighted by molar-refractivity contribution is 5.68. The van der Waals surface area contributed by atoms with Gasteiger partial charge in [-0.25, -0.2) is 0 Å². The van der Waals surface area contributed by atoms with E-state index < -0.39 is 0 Å². The van der Waals surface area contributed by atoms with Crippen LogP contribution in [0, 0.1) is 6.92 Å². The number of pyridine rings is 1. The Balaban J connectivity index is 2.06. The van der Waals surface area contributed by atoms with Crippen LogP contribution in [0.4, 0.5) is 5.69 Å². The van der Waals surface area contributed by atoms with Crippen LogP contribution >= 0.6 is 0 Å². The lowest BCUT2D eigenvalue weighted by Crippen LogP contribution is -2.03. The summed E-state index contributed by atoms with van der Waals surface area (Å²) in [6, 6.07) is 3.98. The third kappa shape index (κ3) is 5.90. The Hall–Kier alpha value is -1.58. The lowest BCUT2D eigenvalue weighted by Gasteiger charge is -2.06. The maximum atomic E-state index is 10.9. The predicted octanol–water partition coefficient (Wildman–Crippen LogP) is 2.54. The Morgan fingerprint density at radius 1 is 1.41 bits per heavy atom. The van der Waals surface area contributed by atoms with E-state index in [0.29, 0.717) is 6.42 Å². The van der Waals surface area contributed by atoms with Crippen molar-refractivity contribution in [2.45, 2.75) is 32.6 Å². The van der Waals surface area contributed by atoms with Crippen molar-refractivity contribution in [3.8, 4) is 0 Å². The fourth-order valence-corrected chi connectivity index (χ4v) is 1.56. The van der Waals surface area contributed by atoms with E-state index in [0.717, 1.165) is 37.2 Å². The highest BCUT2D eigenvalue weighted by atomic mass is 16.5. The van der Waals surface area contributed by atoms with Crippen LogP contribution < -0.4 is 5.32 Å². The molecular formula is C13H20N2O2. The van der Waals surface area contributed by atoms with Crippen molar-refractivity contribution in [3.05, 3.63) is 24.0 Å². The molecule has 1 rings (SSSR count). The average Bonchev–Trinajstić information content (AvgIpc) is 2.33. The molecule has 0 radical (unpaired) electrons. The molecule has 0 aliphatic rings. The van der Waals surface area contributed by atoms with E-state index >= 15 is 0 Å². The summed E-state index contributed by atoms with van der Waals surface area (Å²) < 4.78 is 4.58. The van der Waals surface area contributed by atoms with Crippen LogP contribution in [0.2, 0.25) is 0 Å². The van der Waals surface area contributed by atoms with Gasteiger partial charge in [-0.05, 0) is 31.9 Å². The maximum Gasteiger partial charge on any atom is 0.305 e. The average molecular weight is 236 g/mol. The fourth-order valence-electron chi connectivity index (χ4n) is 1.56. The molecule has 1 aromatic rings. The summed E-state index contributed by atoms with van der Waals surface area (Å²) in [5.41, 5.74) is 2.12. The second-order valence-corrected chi connectivity index (χ2v) is 4.00. The topological polar surface area (TPSA) is 51.2 Å². The number of hydrogen-bond donors (Lipinski definition) is 1. The van der Waals surface area contributed by atoms with E-state index in [1.54, 1.807) is 6.20 Å². The number of carbonyl (C=O) groups excluding carboxylic acids is 1. The minimum absolute atomic E-state index is 0.122. The van der Waals surface area contributed by atoms with Gasteiger partial charge in [0.25, 0.3) is 0 Å². The molecule has 0 spiro atoms. The van der Waals surface area contributed by atoms with Gasteiger partial charge in [-0.3, -0.25) is 9.78 Å². The molecule has 4 heteroatoms. The van der Waals surface area contributed by atoms with Crippen molar-refractivity contribution in [2.75, 3.05) is 19.0 Å². The van der Waals surface area contributed by atoms with Gasteiger partial charge < -0.3 is 10.1 Å². The molecule has 94 valence electrons. The smallest absolute Gasteiger partial charge is 0.305 e. The largest absolute Gasteiger partial charge is 0.469 e. The molecule has 17 heavy (non-hydrogen) atoms. The minimum atomic E-state index is -0.122. The molecule has 0 aliphatic heterocycles. The quantitative estimate of drug-likeness (QED) is 0.584. The van der Waals surface area contributed by atoms with Gasteiger partial charge in [0.1, 0.15) is 0 Å². The number of rotatable bonds is 7. The van der Waals surface area contributed by atoms with Crippen molar-refractivity contribution in [3.63, 3.8) is 0 Å². The number of methoxy groups -OCH3 is 1. The Morgan fingerprint density at radius 3 is 2.94 bits per heavy atom. The Kier molecular flexibility index (Phi) is 6.07. The summed E-state index contributed by atoms with van der Waals surface area (Å²) in [7, 11) is 1.43. The van der Waals surface area contributed by atoms with Crippen molar-refractivity contribution in [1.29, 1.82) is 0 Å². The van der Waals surface area contributed by atoms with Crippen LogP contribution in [0.1, 0.15) is 31.4 Å². The zero-order valence-electron chi connectivity index (χ0n) is 10.5. The molecule has 0 amide bonds. The number of ether oxygens (including phenoxy) is 1. The molecule has 1 aromatic heterocycles. The number of anilines is 1. The van der Waals surface area contributed by atoms with Crippen LogP contribution in [-0.4, -0.2) is 24.6 Å². The summed E-state index contributed by atoms with van der Waals surface area (Å²) >= 11 is 0. The van der Waals surface area contributed by atoms with Crippen LogP contribution in [0.25, 0.3) is 0 Å². The monoisotopic (exact) mass is 236 g/mol. The minimum Gasteiger partial charge on any atom is -0.469 e. The van der Waals surface area contributed by atoms with Gasteiger partial charge in [0, 0.05) is 30.5 Å². The van der Waals surface area contributed by atoms with Crippen molar-refractivity contribution in [2.24, 2.45) is 0 Å². The number of hydrogen-bond acceptors (Lipinski definition) is 4. The summed E-state index contributed by atoms with van der Waals surface area (Å²) in [6.45, 7) is 2.90. The third-order valence-corrected chi connectivity index (χ3v) is 2.51. The molecule has 0 aromatic carbocycles.